The number of halogens is 2. The number of anilines is 1. The number of benzene rings is 1. The van der Waals surface area contributed by atoms with E-state index in [0.29, 0.717) is 5.69 Å². The second-order valence-corrected chi connectivity index (χ2v) is 4.51. The standard InChI is InChI=1S/C14H21ClFN/c1-2-17(12-8-4-3-7-11-15)14-10-6-5-9-13(14)16/h5-6,9-10H,2-4,7-8,11-12H2,1H3. The van der Waals surface area contributed by atoms with Gasteiger partial charge in [0.25, 0.3) is 0 Å². The van der Waals surface area contributed by atoms with Crippen LogP contribution in [0.4, 0.5) is 10.1 Å². The van der Waals surface area contributed by atoms with Crippen molar-refractivity contribution in [2.24, 2.45) is 0 Å². The SMILES string of the molecule is CCN(CCCCCCCl)c1ccccc1F. The molecule has 3 heteroatoms. The van der Waals surface area contributed by atoms with E-state index in [4.69, 9.17) is 11.6 Å². The van der Waals surface area contributed by atoms with Gasteiger partial charge in [-0.1, -0.05) is 25.0 Å². The zero-order chi connectivity index (χ0) is 12.5. The molecule has 0 N–H and O–H groups in total. The molecule has 0 saturated heterocycles. The number of hydrogen-bond acceptors (Lipinski definition) is 1. The fraction of sp³-hybridized carbons (Fsp3) is 0.571. The fourth-order valence-corrected chi connectivity index (χ4v) is 2.10. The van der Waals surface area contributed by atoms with Gasteiger partial charge in [0, 0.05) is 19.0 Å². The zero-order valence-electron chi connectivity index (χ0n) is 10.5. The minimum Gasteiger partial charge on any atom is -0.369 e. The molecule has 0 aliphatic heterocycles. The maximum atomic E-state index is 13.6. The Morgan fingerprint density at radius 1 is 1.12 bits per heavy atom. The number of unbranched alkanes of at least 4 members (excludes halogenated alkanes) is 3. The number of alkyl halides is 1. The maximum absolute atomic E-state index is 13.6. The molecule has 0 aromatic heterocycles. The number of para-hydroxylation sites is 1. The van der Waals surface area contributed by atoms with Crippen LogP contribution in [-0.4, -0.2) is 19.0 Å². The van der Waals surface area contributed by atoms with Crippen LogP contribution in [0.25, 0.3) is 0 Å². The normalized spacial score (nSPS) is 10.5. The summed E-state index contributed by atoms with van der Waals surface area (Å²) < 4.78 is 13.6. The molecule has 96 valence electrons. The van der Waals surface area contributed by atoms with Crippen molar-refractivity contribution >= 4 is 17.3 Å². The summed E-state index contributed by atoms with van der Waals surface area (Å²) in [5, 5.41) is 0. The molecule has 0 amide bonds. The monoisotopic (exact) mass is 257 g/mol. The lowest BCUT2D eigenvalue weighted by molar-refractivity contribution is 0.606. The molecule has 1 aromatic rings. The molecule has 0 fully saturated rings. The molecule has 0 atom stereocenters. The summed E-state index contributed by atoms with van der Waals surface area (Å²) in [6.45, 7) is 3.82. The van der Waals surface area contributed by atoms with E-state index in [1.807, 2.05) is 12.1 Å². The van der Waals surface area contributed by atoms with Gasteiger partial charge in [0.05, 0.1) is 5.69 Å². The van der Waals surface area contributed by atoms with Crippen LogP contribution < -0.4 is 4.90 Å². The number of hydrogen-bond donors (Lipinski definition) is 0. The van der Waals surface area contributed by atoms with Crippen LogP contribution >= 0.6 is 11.6 Å². The lowest BCUT2D eigenvalue weighted by Gasteiger charge is -2.23. The van der Waals surface area contributed by atoms with Crippen molar-refractivity contribution in [3.05, 3.63) is 30.1 Å². The van der Waals surface area contributed by atoms with Crippen LogP contribution in [0.3, 0.4) is 0 Å². The minimum absolute atomic E-state index is 0.130. The van der Waals surface area contributed by atoms with Gasteiger partial charge in [-0.2, -0.15) is 0 Å². The summed E-state index contributed by atoms with van der Waals surface area (Å²) in [6, 6.07) is 6.98. The Hall–Kier alpha value is -0.760. The van der Waals surface area contributed by atoms with Crippen LogP contribution in [0.5, 0.6) is 0 Å². The Kier molecular flexibility index (Phi) is 7.02. The van der Waals surface area contributed by atoms with E-state index in [0.717, 1.165) is 38.2 Å². The lowest BCUT2D eigenvalue weighted by atomic mass is 10.2. The average molecular weight is 258 g/mol. The molecule has 0 heterocycles. The zero-order valence-corrected chi connectivity index (χ0v) is 11.2. The van der Waals surface area contributed by atoms with Gasteiger partial charge in [0.1, 0.15) is 5.82 Å². The molecule has 17 heavy (non-hydrogen) atoms. The summed E-state index contributed by atoms with van der Waals surface area (Å²) in [7, 11) is 0. The molecule has 0 aliphatic carbocycles. The predicted molar refractivity (Wildman–Crippen MR) is 73.5 cm³/mol. The highest BCUT2D eigenvalue weighted by molar-refractivity contribution is 6.17. The first-order valence-corrected chi connectivity index (χ1v) is 6.88. The molecule has 0 bridgehead atoms. The topological polar surface area (TPSA) is 3.24 Å². The first-order valence-electron chi connectivity index (χ1n) is 6.35. The Morgan fingerprint density at radius 2 is 1.82 bits per heavy atom. The quantitative estimate of drug-likeness (QED) is 0.491. The Balaban J connectivity index is 2.41. The maximum Gasteiger partial charge on any atom is 0.146 e. The fourth-order valence-electron chi connectivity index (χ4n) is 1.91. The predicted octanol–water partition coefficient (Wildman–Crippen LogP) is 4.45. The van der Waals surface area contributed by atoms with E-state index in [1.54, 1.807) is 6.07 Å². The highest BCUT2D eigenvalue weighted by Gasteiger charge is 2.08. The first-order chi connectivity index (χ1) is 8.29. The third-order valence-corrected chi connectivity index (χ3v) is 3.15. The van der Waals surface area contributed by atoms with Crippen LogP contribution in [0.1, 0.15) is 32.6 Å². The van der Waals surface area contributed by atoms with Crippen LogP contribution in [0.2, 0.25) is 0 Å². The molecule has 1 rings (SSSR count). The van der Waals surface area contributed by atoms with E-state index < -0.39 is 0 Å². The summed E-state index contributed by atoms with van der Waals surface area (Å²) >= 11 is 5.63. The van der Waals surface area contributed by atoms with Gasteiger partial charge in [0.2, 0.25) is 0 Å². The van der Waals surface area contributed by atoms with E-state index >= 15 is 0 Å². The largest absolute Gasteiger partial charge is 0.369 e. The van der Waals surface area contributed by atoms with Crippen molar-refractivity contribution < 1.29 is 4.39 Å². The molecule has 1 nitrogen and oxygen atoms in total. The lowest BCUT2D eigenvalue weighted by Crippen LogP contribution is -2.24. The Labute approximate surface area is 109 Å². The van der Waals surface area contributed by atoms with Crippen molar-refractivity contribution in [3.63, 3.8) is 0 Å². The summed E-state index contributed by atoms with van der Waals surface area (Å²) in [5.41, 5.74) is 0.715. The molecule has 0 unspecified atom stereocenters. The van der Waals surface area contributed by atoms with Gasteiger partial charge in [0.15, 0.2) is 0 Å². The molecular weight excluding hydrogens is 237 g/mol. The van der Waals surface area contributed by atoms with Crippen molar-refractivity contribution in [1.29, 1.82) is 0 Å². The van der Waals surface area contributed by atoms with Gasteiger partial charge < -0.3 is 4.90 Å². The molecule has 0 saturated carbocycles. The van der Waals surface area contributed by atoms with Crippen molar-refractivity contribution in [3.8, 4) is 0 Å². The highest BCUT2D eigenvalue weighted by atomic mass is 35.5. The summed E-state index contributed by atoms with van der Waals surface area (Å²) in [6.07, 6.45) is 4.50. The smallest absolute Gasteiger partial charge is 0.146 e. The molecule has 0 aliphatic rings. The van der Waals surface area contributed by atoms with E-state index in [9.17, 15) is 4.39 Å². The third-order valence-electron chi connectivity index (χ3n) is 2.89. The van der Waals surface area contributed by atoms with Crippen LogP contribution in [-0.2, 0) is 0 Å². The number of rotatable bonds is 8. The molecule has 1 aromatic carbocycles. The molecule has 0 spiro atoms. The van der Waals surface area contributed by atoms with Crippen LogP contribution in [0, 0.1) is 5.82 Å². The highest BCUT2D eigenvalue weighted by Crippen LogP contribution is 2.19. The second kappa shape index (κ2) is 8.35. The van der Waals surface area contributed by atoms with Crippen molar-refractivity contribution in [2.75, 3.05) is 23.9 Å². The van der Waals surface area contributed by atoms with Gasteiger partial charge >= 0.3 is 0 Å². The van der Waals surface area contributed by atoms with Crippen molar-refractivity contribution in [1.82, 2.24) is 0 Å². The van der Waals surface area contributed by atoms with E-state index in [2.05, 4.69) is 11.8 Å². The van der Waals surface area contributed by atoms with Gasteiger partial charge in [-0.3, -0.25) is 0 Å². The average Bonchev–Trinajstić information content (AvgIpc) is 2.35. The Morgan fingerprint density at radius 3 is 2.47 bits per heavy atom. The molecule has 0 radical (unpaired) electrons. The van der Waals surface area contributed by atoms with Gasteiger partial charge in [-0.05, 0) is 31.9 Å². The second-order valence-electron chi connectivity index (χ2n) is 4.13. The Bertz CT molecular complexity index is 317. The van der Waals surface area contributed by atoms with Gasteiger partial charge in [-0.25, -0.2) is 4.39 Å². The van der Waals surface area contributed by atoms with Crippen LogP contribution in [0.15, 0.2) is 24.3 Å². The summed E-state index contributed by atoms with van der Waals surface area (Å²) in [5.74, 6) is 0.611. The summed E-state index contributed by atoms with van der Waals surface area (Å²) in [4.78, 5) is 2.09. The first kappa shape index (κ1) is 14.3. The van der Waals surface area contributed by atoms with Crippen molar-refractivity contribution in [2.45, 2.75) is 32.6 Å². The van der Waals surface area contributed by atoms with Gasteiger partial charge in [-0.15, -0.1) is 11.6 Å². The minimum atomic E-state index is -0.130. The number of nitrogens with zero attached hydrogens (tertiary/aromatic N) is 1. The van der Waals surface area contributed by atoms with E-state index in [1.165, 1.54) is 12.5 Å². The molecular formula is C14H21ClFN. The van der Waals surface area contributed by atoms with E-state index in [-0.39, 0.29) is 5.82 Å². The third kappa shape index (κ3) is 4.95.